The van der Waals surface area contributed by atoms with E-state index in [0.717, 1.165) is 4.90 Å². The lowest BCUT2D eigenvalue weighted by Crippen LogP contribution is -2.58. The van der Waals surface area contributed by atoms with Crippen molar-refractivity contribution in [3.63, 3.8) is 0 Å². The van der Waals surface area contributed by atoms with E-state index in [9.17, 15) is 39.3 Å². The molecule has 1 aromatic carbocycles. The summed E-state index contributed by atoms with van der Waals surface area (Å²) in [6.07, 6.45) is -1.27. The van der Waals surface area contributed by atoms with Crippen LogP contribution in [0.4, 0.5) is 0 Å². The van der Waals surface area contributed by atoms with Crippen molar-refractivity contribution in [3.8, 4) is 0 Å². The van der Waals surface area contributed by atoms with Crippen LogP contribution in [0.1, 0.15) is 31.7 Å². The number of benzene rings is 1. The Kier molecular flexibility index (Phi) is 9.51. The molecule has 34 heavy (non-hydrogen) atoms. The minimum atomic E-state index is -1.51. The summed E-state index contributed by atoms with van der Waals surface area (Å²) in [5, 5.41) is 32.9. The number of nitrogens with two attached hydrogens (primary N) is 1. The second-order valence-electron chi connectivity index (χ2n) is 8.20. The van der Waals surface area contributed by atoms with Gasteiger partial charge < -0.3 is 36.6 Å². The number of aliphatic hydroxyl groups excluding tert-OH is 1. The number of carboxylic acids is 2. The third kappa shape index (κ3) is 7.25. The van der Waals surface area contributed by atoms with Gasteiger partial charge in [-0.3, -0.25) is 19.2 Å². The maximum absolute atomic E-state index is 13.1. The summed E-state index contributed by atoms with van der Waals surface area (Å²) >= 11 is 0. The highest BCUT2D eigenvalue weighted by molar-refractivity contribution is 5.96. The normalized spacial score (nSPS) is 18.9. The van der Waals surface area contributed by atoms with E-state index in [1.165, 1.54) is 6.92 Å². The van der Waals surface area contributed by atoms with Crippen LogP contribution in [0.3, 0.4) is 0 Å². The van der Waals surface area contributed by atoms with E-state index in [1.807, 2.05) is 0 Å². The molecule has 1 saturated heterocycles. The fraction of sp³-hybridized carbons (Fsp3) is 0.500. The van der Waals surface area contributed by atoms with Crippen molar-refractivity contribution in [2.75, 3.05) is 6.54 Å². The van der Waals surface area contributed by atoms with E-state index >= 15 is 0 Å². The van der Waals surface area contributed by atoms with E-state index in [0.29, 0.717) is 12.0 Å². The van der Waals surface area contributed by atoms with Gasteiger partial charge in [-0.2, -0.15) is 0 Å². The zero-order valence-corrected chi connectivity index (χ0v) is 18.7. The third-order valence-electron chi connectivity index (χ3n) is 5.55. The van der Waals surface area contributed by atoms with Crippen LogP contribution in [0.2, 0.25) is 0 Å². The van der Waals surface area contributed by atoms with Gasteiger partial charge in [0.2, 0.25) is 17.7 Å². The summed E-state index contributed by atoms with van der Waals surface area (Å²) in [5.41, 5.74) is 6.26. The Morgan fingerprint density at radius 3 is 2.29 bits per heavy atom. The smallest absolute Gasteiger partial charge is 0.326 e. The number of aliphatic hydroxyl groups is 1. The molecule has 0 radical (unpaired) electrons. The highest BCUT2D eigenvalue weighted by Gasteiger charge is 2.40. The molecule has 0 aromatic heterocycles. The van der Waals surface area contributed by atoms with Crippen LogP contribution in [-0.4, -0.2) is 86.7 Å². The Balaban J connectivity index is 2.14. The highest BCUT2D eigenvalue weighted by Crippen LogP contribution is 2.20. The van der Waals surface area contributed by atoms with Gasteiger partial charge in [0.25, 0.3) is 0 Å². The van der Waals surface area contributed by atoms with E-state index in [-0.39, 0.29) is 19.4 Å². The quantitative estimate of drug-likeness (QED) is 0.218. The summed E-state index contributed by atoms with van der Waals surface area (Å²) in [6, 6.07) is 3.57. The topological polar surface area (TPSA) is 199 Å². The van der Waals surface area contributed by atoms with Crippen molar-refractivity contribution < 1.29 is 39.3 Å². The maximum Gasteiger partial charge on any atom is 0.326 e. The van der Waals surface area contributed by atoms with Crippen LogP contribution in [0.25, 0.3) is 0 Å². The first-order valence-corrected chi connectivity index (χ1v) is 10.8. The molecular formula is C22H30N4O8. The van der Waals surface area contributed by atoms with Crippen LogP contribution >= 0.6 is 0 Å². The number of amides is 3. The van der Waals surface area contributed by atoms with Gasteiger partial charge in [0, 0.05) is 13.0 Å². The number of hydrogen-bond acceptors (Lipinski definition) is 7. The predicted molar refractivity (Wildman–Crippen MR) is 118 cm³/mol. The van der Waals surface area contributed by atoms with Gasteiger partial charge in [-0.05, 0) is 25.3 Å². The fourth-order valence-corrected chi connectivity index (χ4v) is 3.68. The lowest BCUT2D eigenvalue weighted by atomic mass is 10.0. The van der Waals surface area contributed by atoms with Crippen molar-refractivity contribution >= 4 is 29.7 Å². The van der Waals surface area contributed by atoms with Crippen molar-refractivity contribution in [3.05, 3.63) is 35.9 Å². The van der Waals surface area contributed by atoms with E-state index < -0.39 is 66.4 Å². The molecule has 1 aromatic rings. The van der Waals surface area contributed by atoms with Crippen LogP contribution in [0.5, 0.6) is 0 Å². The van der Waals surface area contributed by atoms with Crippen LogP contribution in [-0.2, 0) is 30.4 Å². The SMILES string of the molecule is CC(O)C(N)C(=O)NC(CC(=O)O)C(=O)N1CCCC1C(=O)NC(Cc1ccccc1)C(=O)O. The molecule has 0 aliphatic carbocycles. The molecule has 12 heteroatoms. The number of aliphatic carboxylic acids is 2. The summed E-state index contributed by atoms with van der Waals surface area (Å²) in [7, 11) is 0. The van der Waals surface area contributed by atoms with Gasteiger partial charge in [0.05, 0.1) is 12.5 Å². The molecule has 2 rings (SSSR count). The monoisotopic (exact) mass is 478 g/mol. The molecule has 1 aliphatic rings. The van der Waals surface area contributed by atoms with Gasteiger partial charge in [-0.1, -0.05) is 30.3 Å². The Morgan fingerprint density at radius 1 is 1.09 bits per heavy atom. The highest BCUT2D eigenvalue weighted by atomic mass is 16.4. The predicted octanol–water partition coefficient (Wildman–Crippen LogP) is -1.54. The van der Waals surface area contributed by atoms with Crippen molar-refractivity contribution in [1.29, 1.82) is 0 Å². The number of likely N-dealkylation sites (tertiary alicyclic amines) is 1. The molecule has 1 aliphatic heterocycles. The summed E-state index contributed by atoms with van der Waals surface area (Å²) in [5.74, 6) is -5.01. The molecule has 0 saturated carbocycles. The molecule has 1 heterocycles. The molecule has 3 amide bonds. The maximum atomic E-state index is 13.1. The van der Waals surface area contributed by atoms with Gasteiger partial charge in [-0.25, -0.2) is 4.79 Å². The summed E-state index contributed by atoms with van der Waals surface area (Å²) in [4.78, 5) is 62.3. The van der Waals surface area contributed by atoms with Crippen LogP contribution in [0, 0.1) is 0 Å². The average molecular weight is 479 g/mol. The molecule has 0 bridgehead atoms. The van der Waals surface area contributed by atoms with E-state index in [1.54, 1.807) is 30.3 Å². The zero-order chi connectivity index (χ0) is 25.4. The standard InChI is InChI=1S/C22H30N4O8/c1-12(27)18(23)20(31)24-14(11-17(28)29)21(32)26-9-5-8-16(26)19(30)25-15(22(33)34)10-13-6-3-2-4-7-13/h2-4,6-7,12,14-16,18,27H,5,8-11,23H2,1H3,(H,24,31)(H,25,30)(H,28,29)(H,33,34). The molecule has 12 nitrogen and oxygen atoms in total. The number of rotatable bonds is 11. The molecular weight excluding hydrogens is 448 g/mol. The number of nitrogens with zero attached hydrogens (tertiary/aromatic N) is 1. The van der Waals surface area contributed by atoms with Gasteiger partial charge in [0.1, 0.15) is 24.2 Å². The van der Waals surface area contributed by atoms with Gasteiger partial charge >= 0.3 is 11.9 Å². The molecule has 7 N–H and O–H groups in total. The lowest BCUT2D eigenvalue weighted by Gasteiger charge is -2.29. The fourth-order valence-electron chi connectivity index (χ4n) is 3.68. The minimum absolute atomic E-state index is 0.0392. The number of carbonyl (C=O) groups is 5. The van der Waals surface area contributed by atoms with Gasteiger partial charge in [-0.15, -0.1) is 0 Å². The Morgan fingerprint density at radius 2 is 1.74 bits per heavy atom. The van der Waals surface area contributed by atoms with Crippen molar-refractivity contribution in [1.82, 2.24) is 15.5 Å². The Bertz CT molecular complexity index is 907. The van der Waals surface area contributed by atoms with Crippen molar-refractivity contribution in [2.24, 2.45) is 5.73 Å². The van der Waals surface area contributed by atoms with Crippen LogP contribution < -0.4 is 16.4 Å². The second kappa shape index (κ2) is 12.1. The molecule has 186 valence electrons. The van der Waals surface area contributed by atoms with E-state index in [2.05, 4.69) is 10.6 Å². The molecule has 5 atom stereocenters. The third-order valence-corrected chi connectivity index (χ3v) is 5.55. The van der Waals surface area contributed by atoms with Crippen molar-refractivity contribution in [2.45, 2.75) is 62.9 Å². The average Bonchev–Trinajstić information content (AvgIpc) is 3.27. The number of carboxylic acid groups (broad SMARTS) is 2. The first-order valence-electron chi connectivity index (χ1n) is 10.8. The van der Waals surface area contributed by atoms with E-state index in [4.69, 9.17) is 5.73 Å². The number of nitrogens with one attached hydrogen (secondary N) is 2. The summed E-state index contributed by atoms with van der Waals surface area (Å²) in [6.45, 7) is 1.40. The number of carbonyl (C=O) groups excluding carboxylic acids is 3. The van der Waals surface area contributed by atoms with Crippen LogP contribution in [0.15, 0.2) is 30.3 Å². The molecule has 1 fully saturated rings. The van der Waals surface area contributed by atoms with Gasteiger partial charge in [0.15, 0.2) is 0 Å². The zero-order valence-electron chi connectivity index (χ0n) is 18.7. The Labute approximate surface area is 196 Å². The minimum Gasteiger partial charge on any atom is -0.481 e. The first kappa shape index (κ1) is 26.7. The largest absolute Gasteiger partial charge is 0.481 e. The Hall–Kier alpha value is -3.51. The first-order chi connectivity index (χ1) is 16.0. The lowest BCUT2D eigenvalue weighted by molar-refractivity contribution is -0.147. The molecule has 5 unspecified atom stereocenters. The number of hydrogen-bond donors (Lipinski definition) is 6. The molecule has 0 spiro atoms. The second-order valence-corrected chi connectivity index (χ2v) is 8.20. The summed E-state index contributed by atoms with van der Waals surface area (Å²) < 4.78 is 0.